The Morgan fingerprint density at radius 1 is 1.29 bits per heavy atom. The van der Waals surface area contributed by atoms with Crippen LogP contribution in [-0.2, 0) is 4.79 Å². The summed E-state index contributed by atoms with van der Waals surface area (Å²) in [6, 6.07) is 0. The minimum absolute atomic E-state index is 0.0476. The number of nitrogens with one attached hydrogen (secondary N) is 1. The van der Waals surface area contributed by atoms with E-state index in [4.69, 9.17) is 0 Å². The van der Waals surface area contributed by atoms with Gasteiger partial charge in [0.2, 0.25) is 5.91 Å². The van der Waals surface area contributed by atoms with E-state index in [9.17, 15) is 4.79 Å². The van der Waals surface area contributed by atoms with Crippen LogP contribution in [0, 0.1) is 0 Å². The Kier molecular flexibility index (Phi) is 5.96. The molecule has 1 amide bonds. The highest BCUT2D eigenvalue weighted by Crippen LogP contribution is 2.16. The number of allylic oxidation sites excluding steroid dienone is 6. The van der Waals surface area contributed by atoms with E-state index in [2.05, 4.69) is 44.7 Å². The number of likely N-dealkylation sites (N-methyl/N-ethyl adjacent to an activating group) is 1. The van der Waals surface area contributed by atoms with Crippen molar-refractivity contribution in [1.82, 2.24) is 15.1 Å². The first kappa shape index (κ1) is 16.2. The molecular formula is C16H22BrN3O. The second kappa shape index (κ2) is 7.73. The van der Waals surface area contributed by atoms with Crippen LogP contribution in [0.3, 0.4) is 0 Å². The number of carbonyl (C=O) groups excluding carboxylic acids is 1. The van der Waals surface area contributed by atoms with E-state index in [1.807, 2.05) is 24.3 Å². The van der Waals surface area contributed by atoms with E-state index < -0.39 is 0 Å². The van der Waals surface area contributed by atoms with E-state index in [1.54, 1.807) is 0 Å². The van der Waals surface area contributed by atoms with Crippen LogP contribution in [0.1, 0.15) is 6.42 Å². The van der Waals surface area contributed by atoms with Gasteiger partial charge in [-0.2, -0.15) is 0 Å². The molecule has 0 aromatic heterocycles. The molecule has 1 saturated heterocycles. The van der Waals surface area contributed by atoms with E-state index in [-0.39, 0.29) is 5.91 Å². The molecular weight excluding hydrogens is 330 g/mol. The molecule has 1 aliphatic carbocycles. The third-order valence-electron chi connectivity index (χ3n) is 3.63. The highest BCUT2D eigenvalue weighted by molar-refractivity contribution is 9.11. The monoisotopic (exact) mass is 351 g/mol. The largest absolute Gasteiger partial charge is 0.326 e. The first-order chi connectivity index (χ1) is 10.0. The van der Waals surface area contributed by atoms with Crippen molar-refractivity contribution in [3.05, 3.63) is 46.6 Å². The molecule has 2 rings (SSSR count). The van der Waals surface area contributed by atoms with Gasteiger partial charge >= 0.3 is 0 Å². The number of nitrogens with zero attached hydrogens (tertiary/aromatic N) is 2. The molecule has 21 heavy (non-hydrogen) atoms. The van der Waals surface area contributed by atoms with Gasteiger partial charge in [-0.1, -0.05) is 28.6 Å². The van der Waals surface area contributed by atoms with Crippen molar-refractivity contribution in [1.29, 1.82) is 0 Å². The van der Waals surface area contributed by atoms with Gasteiger partial charge in [0.15, 0.2) is 0 Å². The van der Waals surface area contributed by atoms with Crippen LogP contribution in [0.4, 0.5) is 0 Å². The molecule has 5 heteroatoms. The fourth-order valence-corrected chi connectivity index (χ4v) is 2.68. The lowest BCUT2D eigenvalue weighted by molar-refractivity contribution is -0.120. The van der Waals surface area contributed by atoms with Crippen LogP contribution in [0.5, 0.6) is 0 Å². The molecule has 1 N–H and O–H groups in total. The fourth-order valence-electron chi connectivity index (χ4n) is 2.30. The van der Waals surface area contributed by atoms with Crippen LogP contribution in [0.25, 0.3) is 0 Å². The van der Waals surface area contributed by atoms with E-state index >= 15 is 0 Å². The van der Waals surface area contributed by atoms with Gasteiger partial charge in [-0.05, 0) is 30.8 Å². The summed E-state index contributed by atoms with van der Waals surface area (Å²) in [6.45, 7) is 8.96. The van der Waals surface area contributed by atoms with E-state index in [0.717, 1.165) is 48.5 Å². The molecule has 1 aliphatic heterocycles. The van der Waals surface area contributed by atoms with Gasteiger partial charge in [-0.25, -0.2) is 0 Å². The number of carbonyl (C=O) groups is 1. The Hall–Kier alpha value is -1.17. The Bertz CT molecular complexity index is 500. The first-order valence-corrected chi connectivity index (χ1v) is 7.99. The average Bonchev–Trinajstić information content (AvgIpc) is 2.59. The Morgan fingerprint density at radius 3 is 2.71 bits per heavy atom. The first-order valence-electron chi connectivity index (χ1n) is 7.19. The number of halogens is 1. The molecule has 0 unspecified atom stereocenters. The zero-order chi connectivity index (χ0) is 15.2. The lowest BCUT2D eigenvalue weighted by Gasteiger charge is -2.32. The van der Waals surface area contributed by atoms with Crippen LogP contribution in [0.15, 0.2) is 46.6 Å². The predicted molar refractivity (Wildman–Crippen MR) is 90.1 cm³/mol. The van der Waals surface area contributed by atoms with Crippen LogP contribution in [-0.4, -0.2) is 55.5 Å². The lowest BCUT2D eigenvalue weighted by Crippen LogP contribution is -2.45. The molecule has 1 heterocycles. The second-order valence-electron chi connectivity index (χ2n) is 5.48. The smallest absolute Gasteiger partial charge is 0.225 e. The molecule has 0 spiro atoms. The summed E-state index contributed by atoms with van der Waals surface area (Å²) in [5.41, 5.74) is 1.65. The summed E-state index contributed by atoms with van der Waals surface area (Å²) in [7, 11) is 2.13. The molecule has 0 aromatic carbocycles. The van der Waals surface area contributed by atoms with Crippen molar-refractivity contribution in [3.63, 3.8) is 0 Å². The molecule has 1 fully saturated rings. The molecule has 2 aliphatic rings. The van der Waals surface area contributed by atoms with Crippen LogP contribution < -0.4 is 5.32 Å². The minimum atomic E-state index is 0.0476. The van der Waals surface area contributed by atoms with Crippen LogP contribution in [0.2, 0.25) is 0 Å². The van der Waals surface area contributed by atoms with Gasteiger partial charge in [0, 0.05) is 49.3 Å². The Labute approximate surface area is 135 Å². The van der Waals surface area contributed by atoms with E-state index in [1.165, 1.54) is 0 Å². The van der Waals surface area contributed by atoms with Gasteiger partial charge in [-0.15, -0.1) is 0 Å². The Morgan fingerprint density at radius 2 is 2.00 bits per heavy atom. The summed E-state index contributed by atoms with van der Waals surface area (Å²) >= 11 is 3.43. The number of piperazine rings is 1. The van der Waals surface area contributed by atoms with Gasteiger partial charge < -0.3 is 15.1 Å². The van der Waals surface area contributed by atoms with Crippen molar-refractivity contribution in [2.24, 2.45) is 0 Å². The quantitative estimate of drug-likeness (QED) is 0.841. The van der Waals surface area contributed by atoms with Gasteiger partial charge in [-0.3, -0.25) is 4.79 Å². The van der Waals surface area contributed by atoms with Gasteiger partial charge in [0.05, 0.1) is 0 Å². The maximum absolute atomic E-state index is 12.1. The van der Waals surface area contributed by atoms with Crippen molar-refractivity contribution >= 4 is 21.8 Å². The zero-order valence-corrected chi connectivity index (χ0v) is 14.0. The molecule has 0 atom stereocenters. The standard InChI is InChI=1S/C16H22BrN3O/c1-13-3-4-14(17)12-15(11-13)18-16(21)5-6-20-9-7-19(2)8-10-20/h3-4,11-12H,1,5-10H2,2H3,(H,18,21). The van der Waals surface area contributed by atoms with Crippen molar-refractivity contribution in [2.45, 2.75) is 6.42 Å². The maximum Gasteiger partial charge on any atom is 0.225 e. The summed E-state index contributed by atoms with van der Waals surface area (Å²) in [6.07, 6.45) is 8.11. The second-order valence-corrected chi connectivity index (χ2v) is 6.40. The summed E-state index contributed by atoms with van der Waals surface area (Å²) in [4.78, 5) is 16.7. The molecule has 0 bridgehead atoms. The third kappa shape index (κ3) is 5.61. The highest BCUT2D eigenvalue weighted by Gasteiger charge is 2.14. The number of hydrogen-bond donors (Lipinski definition) is 1. The molecule has 0 aromatic rings. The SMILES string of the molecule is C=C1C=CC(Br)=CC(NC(=O)CCN2CCN(C)CC2)=C1. The summed E-state index contributed by atoms with van der Waals surface area (Å²) < 4.78 is 0.923. The van der Waals surface area contributed by atoms with Crippen molar-refractivity contribution in [2.75, 3.05) is 39.8 Å². The zero-order valence-electron chi connectivity index (χ0n) is 12.4. The van der Waals surface area contributed by atoms with E-state index in [0.29, 0.717) is 6.42 Å². The summed E-state index contributed by atoms with van der Waals surface area (Å²) in [5, 5.41) is 2.95. The van der Waals surface area contributed by atoms with Crippen LogP contribution >= 0.6 is 15.9 Å². The topological polar surface area (TPSA) is 35.6 Å². The third-order valence-corrected chi connectivity index (χ3v) is 4.12. The van der Waals surface area contributed by atoms with Gasteiger partial charge in [0.25, 0.3) is 0 Å². The number of hydrogen-bond acceptors (Lipinski definition) is 3. The minimum Gasteiger partial charge on any atom is -0.326 e. The lowest BCUT2D eigenvalue weighted by atomic mass is 10.2. The van der Waals surface area contributed by atoms with Crippen molar-refractivity contribution < 1.29 is 4.79 Å². The fraction of sp³-hybridized carbons (Fsp3) is 0.438. The normalized spacial score (nSPS) is 20.8. The number of amides is 1. The number of rotatable bonds is 4. The molecule has 0 saturated carbocycles. The van der Waals surface area contributed by atoms with Crippen molar-refractivity contribution in [3.8, 4) is 0 Å². The molecule has 114 valence electrons. The Balaban J connectivity index is 1.79. The van der Waals surface area contributed by atoms with Gasteiger partial charge in [0.1, 0.15) is 0 Å². The molecule has 0 radical (unpaired) electrons. The summed E-state index contributed by atoms with van der Waals surface area (Å²) in [5.74, 6) is 0.0476. The predicted octanol–water partition coefficient (Wildman–Crippen LogP) is 2.03. The maximum atomic E-state index is 12.1. The highest BCUT2D eigenvalue weighted by atomic mass is 79.9. The average molecular weight is 352 g/mol. The molecule has 4 nitrogen and oxygen atoms in total.